The monoisotopic (exact) mass is 542 g/mol. The van der Waals surface area contributed by atoms with Crippen LogP contribution in [0, 0.1) is 0 Å². The van der Waals surface area contributed by atoms with Crippen molar-refractivity contribution in [1.29, 1.82) is 0 Å². The van der Waals surface area contributed by atoms with Crippen LogP contribution in [-0.4, -0.2) is 86.7 Å². The van der Waals surface area contributed by atoms with Crippen molar-refractivity contribution in [2.45, 2.75) is 62.4 Å². The predicted octanol–water partition coefficient (Wildman–Crippen LogP) is 0.325. The van der Waals surface area contributed by atoms with Crippen molar-refractivity contribution >= 4 is 17.3 Å². The quantitative estimate of drug-likeness (QED) is 0.278. The van der Waals surface area contributed by atoms with Crippen LogP contribution in [0.5, 0.6) is 17.2 Å². The summed E-state index contributed by atoms with van der Waals surface area (Å²) in [4.78, 5) is 39.7. The van der Waals surface area contributed by atoms with Gasteiger partial charge in [0.2, 0.25) is 5.78 Å². The fraction of sp³-hybridized carbons (Fsp3) is 0.444. The number of carbonyl (C=O) groups is 3. The van der Waals surface area contributed by atoms with Crippen molar-refractivity contribution < 1.29 is 54.1 Å². The molecule has 6 N–H and O–H groups in total. The molecule has 12 nitrogen and oxygen atoms in total. The van der Waals surface area contributed by atoms with Gasteiger partial charge in [-0.05, 0) is 13.0 Å². The first-order chi connectivity index (χ1) is 18.4. The summed E-state index contributed by atoms with van der Waals surface area (Å²) in [6, 6.07) is 3.37. The molecular weight excluding hydrogens is 514 g/mol. The molecule has 1 radical (unpaired) electrons. The van der Waals surface area contributed by atoms with Crippen LogP contribution in [-0.2, 0) is 20.7 Å². The number of benzene rings is 2. The van der Waals surface area contributed by atoms with E-state index < -0.39 is 95.7 Å². The van der Waals surface area contributed by atoms with Crippen LogP contribution in [0.3, 0.4) is 0 Å². The van der Waals surface area contributed by atoms with Gasteiger partial charge >= 0.3 is 0 Å². The van der Waals surface area contributed by atoms with Crippen molar-refractivity contribution in [2.24, 2.45) is 0 Å². The van der Waals surface area contributed by atoms with Gasteiger partial charge in [-0.1, -0.05) is 12.1 Å². The minimum Gasteiger partial charge on any atom is -0.507 e. The van der Waals surface area contributed by atoms with E-state index in [4.69, 9.17) is 19.9 Å². The van der Waals surface area contributed by atoms with Crippen LogP contribution in [0.4, 0.5) is 0 Å². The summed E-state index contributed by atoms with van der Waals surface area (Å²) in [6.07, 6.45) is -5.53. The number of rotatable bonds is 5. The smallest absolute Gasteiger partial charge is 0.202 e. The van der Waals surface area contributed by atoms with Gasteiger partial charge in [0.15, 0.2) is 17.9 Å². The summed E-state index contributed by atoms with van der Waals surface area (Å²) in [5, 5.41) is 53.6. The molecule has 12 heteroatoms. The van der Waals surface area contributed by atoms with Crippen molar-refractivity contribution in [2.75, 3.05) is 13.7 Å². The Morgan fingerprint density at radius 1 is 1.15 bits per heavy atom. The van der Waals surface area contributed by atoms with E-state index in [2.05, 4.69) is 0 Å². The molecule has 2 aliphatic carbocycles. The average molecular weight is 543 g/mol. The summed E-state index contributed by atoms with van der Waals surface area (Å²) < 4.78 is 16.9. The molecule has 0 amide bonds. The van der Waals surface area contributed by atoms with Crippen LogP contribution < -0.4 is 10.5 Å². The molecule has 1 saturated heterocycles. The minimum absolute atomic E-state index is 0.0588. The molecule has 2 aromatic rings. The molecule has 0 aromatic heterocycles. The lowest BCUT2D eigenvalue weighted by molar-refractivity contribution is -0.247. The van der Waals surface area contributed by atoms with E-state index in [1.165, 1.54) is 32.2 Å². The SMILES string of the molecule is COc1cccc2c1C(=O)c1c(O)c3c(c(O)c1C2=O)C[C@@](O)(C(=O)CO)C[C@@H]3OC1CC([NH])C(O)C(C)O1. The number of ether oxygens (including phenoxy) is 3. The Morgan fingerprint density at radius 3 is 2.49 bits per heavy atom. The van der Waals surface area contributed by atoms with Crippen LogP contribution in [0.2, 0.25) is 0 Å². The highest BCUT2D eigenvalue weighted by atomic mass is 16.7. The lowest BCUT2D eigenvalue weighted by atomic mass is 9.72. The number of ketones is 3. The first-order valence-electron chi connectivity index (χ1n) is 12.4. The summed E-state index contributed by atoms with van der Waals surface area (Å²) in [5.41, 5.74) is 4.39. The van der Waals surface area contributed by atoms with Gasteiger partial charge < -0.3 is 39.7 Å². The molecule has 5 rings (SSSR count). The second-order valence-corrected chi connectivity index (χ2v) is 10.1. The Hall–Kier alpha value is -3.39. The fourth-order valence-corrected chi connectivity index (χ4v) is 5.71. The zero-order chi connectivity index (χ0) is 28.4. The maximum absolute atomic E-state index is 13.6. The normalized spacial score (nSPS) is 29.8. The van der Waals surface area contributed by atoms with Gasteiger partial charge in [0.25, 0.3) is 0 Å². The molecule has 0 spiro atoms. The van der Waals surface area contributed by atoms with E-state index >= 15 is 0 Å². The number of hydrogen-bond acceptors (Lipinski definition) is 11. The topological polar surface area (TPSA) is 204 Å². The molecule has 6 atom stereocenters. The highest BCUT2D eigenvalue weighted by molar-refractivity contribution is 6.31. The third kappa shape index (κ3) is 4.11. The van der Waals surface area contributed by atoms with E-state index in [1.54, 1.807) is 0 Å². The third-order valence-electron chi connectivity index (χ3n) is 7.76. The maximum Gasteiger partial charge on any atom is 0.202 e. The van der Waals surface area contributed by atoms with E-state index in [-0.39, 0.29) is 34.4 Å². The van der Waals surface area contributed by atoms with Crippen LogP contribution in [0.25, 0.3) is 0 Å². The number of methoxy groups -OCH3 is 1. The number of carbonyl (C=O) groups excluding carboxylic acids is 3. The van der Waals surface area contributed by atoms with Crippen LogP contribution >= 0.6 is 0 Å². The summed E-state index contributed by atoms with van der Waals surface area (Å²) in [5.74, 6) is -3.84. The van der Waals surface area contributed by atoms with E-state index in [1.807, 2.05) is 0 Å². The van der Waals surface area contributed by atoms with Gasteiger partial charge in [0, 0.05) is 36.0 Å². The lowest BCUT2D eigenvalue weighted by Gasteiger charge is -2.42. The molecule has 3 aliphatic rings. The van der Waals surface area contributed by atoms with E-state index in [9.17, 15) is 39.9 Å². The molecule has 1 aliphatic heterocycles. The van der Waals surface area contributed by atoms with Gasteiger partial charge in [0.05, 0.1) is 48.2 Å². The van der Waals surface area contributed by atoms with Gasteiger partial charge in [-0.3, -0.25) is 20.1 Å². The Bertz CT molecular complexity index is 1380. The number of aliphatic hydroxyl groups excluding tert-OH is 2. The number of hydrogen-bond donors (Lipinski definition) is 5. The average Bonchev–Trinajstić information content (AvgIpc) is 2.90. The molecule has 1 heterocycles. The Labute approximate surface area is 222 Å². The fourth-order valence-electron chi connectivity index (χ4n) is 5.71. The number of nitrogens with one attached hydrogen (secondary N) is 1. The van der Waals surface area contributed by atoms with Crippen molar-refractivity contribution in [3.8, 4) is 17.2 Å². The Kier molecular flexibility index (Phi) is 6.74. The van der Waals surface area contributed by atoms with Crippen molar-refractivity contribution in [1.82, 2.24) is 5.73 Å². The number of aromatic hydroxyl groups is 2. The van der Waals surface area contributed by atoms with Gasteiger partial charge in [0.1, 0.15) is 29.5 Å². The van der Waals surface area contributed by atoms with Crippen molar-refractivity contribution in [3.63, 3.8) is 0 Å². The molecule has 2 aromatic carbocycles. The number of fused-ring (bicyclic) bond motifs is 3. The standard InChI is InChI=1S/C27H28NO11/c1-10-22(31)13(28)6-17(38-10)39-15-8-27(36,16(30)9-29)7-12-19(15)26(35)21-20(24(12)33)23(32)11-4-3-5-14(37-2)18(11)25(21)34/h3-5,10,13,15,17,22,28-29,31,33,35-36H,6-9H2,1-2H3/t10?,13?,15-,17?,22?,27-/m0/s1. The minimum atomic E-state index is -2.26. The number of Topliss-reactive ketones (excluding diaryl/α,β-unsaturated/α-hetero) is 1. The maximum atomic E-state index is 13.6. The number of aliphatic hydroxyl groups is 3. The molecule has 1 fully saturated rings. The molecule has 0 saturated carbocycles. The molecule has 207 valence electrons. The van der Waals surface area contributed by atoms with Gasteiger partial charge in [-0.25, -0.2) is 0 Å². The highest BCUT2D eigenvalue weighted by Gasteiger charge is 2.50. The zero-order valence-electron chi connectivity index (χ0n) is 21.1. The van der Waals surface area contributed by atoms with Crippen LogP contribution in [0.1, 0.15) is 68.8 Å². The summed E-state index contributed by atoms with van der Waals surface area (Å²) in [7, 11) is 1.32. The highest BCUT2D eigenvalue weighted by Crippen LogP contribution is 2.52. The van der Waals surface area contributed by atoms with Gasteiger partial charge in [-0.15, -0.1) is 0 Å². The first-order valence-corrected chi connectivity index (χ1v) is 12.4. The van der Waals surface area contributed by atoms with Gasteiger partial charge in [-0.2, -0.15) is 0 Å². The number of phenols is 2. The predicted molar refractivity (Wildman–Crippen MR) is 131 cm³/mol. The summed E-state index contributed by atoms with van der Waals surface area (Å²) in [6.45, 7) is 0.510. The molecular formula is C27H28NO11. The molecule has 39 heavy (non-hydrogen) atoms. The third-order valence-corrected chi connectivity index (χ3v) is 7.76. The van der Waals surface area contributed by atoms with Crippen molar-refractivity contribution in [3.05, 3.63) is 51.6 Å². The Morgan fingerprint density at radius 2 is 1.85 bits per heavy atom. The number of phenolic OH excluding ortho intramolecular Hbond substituents is 2. The first kappa shape index (κ1) is 27.2. The van der Waals surface area contributed by atoms with E-state index in [0.29, 0.717) is 0 Å². The second-order valence-electron chi connectivity index (χ2n) is 10.1. The lowest BCUT2D eigenvalue weighted by Crippen LogP contribution is -2.50. The van der Waals surface area contributed by atoms with E-state index in [0.717, 1.165) is 0 Å². The second kappa shape index (κ2) is 9.66. The molecule has 4 unspecified atom stereocenters. The van der Waals surface area contributed by atoms with Crippen LogP contribution in [0.15, 0.2) is 18.2 Å². The largest absolute Gasteiger partial charge is 0.507 e. The Balaban J connectivity index is 1.69. The zero-order valence-corrected chi connectivity index (χ0v) is 21.1. The molecule has 0 bridgehead atoms. The summed E-state index contributed by atoms with van der Waals surface area (Å²) >= 11 is 0.